The summed E-state index contributed by atoms with van der Waals surface area (Å²) in [4.78, 5) is 16.0. The fourth-order valence-electron chi connectivity index (χ4n) is 1.74. The van der Waals surface area contributed by atoms with Crippen molar-refractivity contribution < 1.29 is 4.79 Å². The molecular formula is C13H17N5O. The van der Waals surface area contributed by atoms with E-state index in [9.17, 15) is 4.79 Å². The molecule has 0 unspecified atom stereocenters. The van der Waals surface area contributed by atoms with Crippen LogP contribution in [0.4, 0.5) is 5.82 Å². The lowest BCUT2D eigenvalue weighted by Gasteiger charge is -2.06. The number of carbonyl (C=O) groups excluding carboxylic acids is 1. The second-order valence-corrected chi connectivity index (χ2v) is 4.40. The Morgan fingerprint density at radius 1 is 1.53 bits per heavy atom. The minimum Gasteiger partial charge on any atom is -0.384 e. The number of nitrogen functional groups attached to an aromatic ring is 1. The van der Waals surface area contributed by atoms with E-state index >= 15 is 0 Å². The van der Waals surface area contributed by atoms with Crippen LogP contribution in [0.15, 0.2) is 24.5 Å². The predicted molar refractivity (Wildman–Crippen MR) is 72.1 cm³/mol. The van der Waals surface area contributed by atoms with Crippen molar-refractivity contribution in [2.45, 2.75) is 19.9 Å². The maximum atomic E-state index is 11.8. The first kappa shape index (κ1) is 13.1. The summed E-state index contributed by atoms with van der Waals surface area (Å²) in [6.07, 6.45) is 3.61. The zero-order valence-electron chi connectivity index (χ0n) is 11.1. The molecule has 0 aliphatic carbocycles. The molecule has 0 aromatic carbocycles. The van der Waals surface area contributed by atoms with Gasteiger partial charge in [0.2, 0.25) is 5.91 Å². The van der Waals surface area contributed by atoms with Gasteiger partial charge in [0.05, 0.1) is 18.3 Å². The van der Waals surface area contributed by atoms with Crippen LogP contribution in [-0.2, 0) is 24.8 Å². The van der Waals surface area contributed by atoms with Gasteiger partial charge < -0.3 is 11.1 Å². The van der Waals surface area contributed by atoms with Gasteiger partial charge in [-0.2, -0.15) is 5.10 Å². The number of anilines is 1. The molecule has 100 valence electrons. The lowest BCUT2D eigenvalue weighted by atomic mass is 10.1. The quantitative estimate of drug-likeness (QED) is 0.840. The number of aromatic nitrogens is 3. The number of nitrogens with two attached hydrogens (primary N) is 1. The third-order valence-electron chi connectivity index (χ3n) is 2.99. The van der Waals surface area contributed by atoms with Crippen molar-refractivity contribution in [1.82, 2.24) is 20.1 Å². The second kappa shape index (κ2) is 5.51. The van der Waals surface area contributed by atoms with Crippen LogP contribution < -0.4 is 11.1 Å². The Labute approximate surface area is 111 Å². The van der Waals surface area contributed by atoms with Crippen molar-refractivity contribution in [3.63, 3.8) is 0 Å². The van der Waals surface area contributed by atoms with E-state index in [2.05, 4.69) is 15.4 Å². The molecule has 0 spiro atoms. The molecule has 1 amide bonds. The molecule has 0 fully saturated rings. The minimum absolute atomic E-state index is 0.0787. The van der Waals surface area contributed by atoms with Crippen LogP contribution in [0, 0.1) is 6.92 Å². The maximum absolute atomic E-state index is 11.8. The lowest BCUT2D eigenvalue weighted by molar-refractivity contribution is -0.120. The zero-order chi connectivity index (χ0) is 13.8. The van der Waals surface area contributed by atoms with Crippen LogP contribution in [0.2, 0.25) is 0 Å². The van der Waals surface area contributed by atoms with Crippen LogP contribution in [0.25, 0.3) is 0 Å². The van der Waals surface area contributed by atoms with Gasteiger partial charge in [-0.3, -0.25) is 14.5 Å². The molecule has 2 rings (SSSR count). The number of nitrogens with one attached hydrogen (secondary N) is 1. The van der Waals surface area contributed by atoms with Crippen LogP contribution in [0.5, 0.6) is 0 Å². The number of rotatable bonds is 4. The van der Waals surface area contributed by atoms with Gasteiger partial charge in [-0.25, -0.2) is 0 Å². The van der Waals surface area contributed by atoms with Gasteiger partial charge in [0.25, 0.3) is 0 Å². The molecule has 19 heavy (non-hydrogen) atoms. The van der Waals surface area contributed by atoms with Crippen molar-refractivity contribution in [3.05, 3.63) is 41.3 Å². The molecule has 2 aromatic heterocycles. The molecule has 0 aliphatic rings. The highest BCUT2D eigenvalue weighted by atomic mass is 16.1. The summed E-state index contributed by atoms with van der Waals surface area (Å²) in [5.41, 5.74) is 8.42. The highest BCUT2D eigenvalue weighted by molar-refractivity contribution is 5.78. The van der Waals surface area contributed by atoms with Gasteiger partial charge in [0, 0.05) is 25.4 Å². The van der Waals surface area contributed by atoms with Gasteiger partial charge in [0.15, 0.2) is 0 Å². The van der Waals surface area contributed by atoms with E-state index in [0.29, 0.717) is 12.4 Å². The maximum Gasteiger partial charge on any atom is 0.226 e. The molecule has 0 radical (unpaired) electrons. The van der Waals surface area contributed by atoms with E-state index in [0.717, 1.165) is 16.8 Å². The van der Waals surface area contributed by atoms with Gasteiger partial charge in [0.1, 0.15) is 5.82 Å². The molecule has 0 saturated heterocycles. The first-order chi connectivity index (χ1) is 9.08. The summed E-state index contributed by atoms with van der Waals surface area (Å²) >= 11 is 0. The number of nitrogens with zero attached hydrogens (tertiary/aromatic N) is 3. The summed E-state index contributed by atoms with van der Waals surface area (Å²) < 4.78 is 1.57. The Hall–Kier alpha value is -2.37. The van der Waals surface area contributed by atoms with E-state index in [-0.39, 0.29) is 12.3 Å². The van der Waals surface area contributed by atoms with Crippen LogP contribution in [0.3, 0.4) is 0 Å². The molecule has 2 aromatic rings. The SMILES string of the molecule is Cc1cccnc1CC(=O)NCc1cnn(C)c1N. The number of hydrogen-bond donors (Lipinski definition) is 2. The van der Waals surface area contributed by atoms with E-state index in [4.69, 9.17) is 5.73 Å². The van der Waals surface area contributed by atoms with Crippen LogP contribution in [-0.4, -0.2) is 20.7 Å². The Morgan fingerprint density at radius 3 is 2.95 bits per heavy atom. The van der Waals surface area contributed by atoms with Crippen molar-refractivity contribution in [2.24, 2.45) is 7.05 Å². The molecular weight excluding hydrogens is 242 g/mol. The predicted octanol–water partition coefficient (Wildman–Crippen LogP) is 0.565. The van der Waals surface area contributed by atoms with Crippen LogP contribution in [0.1, 0.15) is 16.8 Å². The summed E-state index contributed by atoms with van der Waals surface area (Å²) in [5.74, 6) is 0.486. The van der Waals surface area contributed by atoms with Crippen molar-refractivity contribution in [2.75, 3.05) is 5.73 Å². The highest BCUT2D eigenvalue weighted by Crippen LogP contribution is 2.09. The first-order valence-corrected chi connectivity index (χ1v) is 6.01. The first-order valence-electron chi connectivity index (χ1n) is 6.01. The third kappa shape index (κ3) is 3.09. The largest absolute Gasteiger partial charge is 0.384 e. The molecule has 3 N–H and O–H groups in total. The molecule has 6 heteroatoms. The third-order valence-corrected chi connectivity index (χ3v) is 2.99. The number of aryl methyl sites for hydroxylation is 2. The van der Waals surface area contributed by atoms with Gasteiger partial charge in [-0.1, -0.05) is 6.07 Å². The molecule has 0 bridgehead atoms. The van der Waals surface area contributed by atoms with E-state index in [1.165, 1.54) is 0 Å². The Balaban J connectivity index is 1.92. The molecule has 6 nitrogen and oxygen atoms in total. The highest BCUT2D eigenvalue weighted by Gasteiger charge is 2.09. The minimum atomic E-state index is -0.0787. The number of carbonyl (C=O) groups is 1. The topological polar surface area (TPSA) is 85.8 Å². The lowest BCUT2D eigenvalue weighted by Crippen LogP contribution is -2.25. The van der Waals surface area contributed by atoms with E-state index < -0.39 is 0 Å². The number of pyridine rings is 1. The Kier molecular flexibility index (Phi) is 3.79. The van der Waals surface area contributed by atoms with E-state index in [1.54, 1.807) is 24.1 Å². The molecule has 0 saturated carbocycles. The number of hydrogen-bond acceptors (Lipinski definition) is 4. The van der Waals surface area contributed by atoms with Crippen LogP contribution >= 0.6 is 0 Å². The molecule has 0 atom stereocenters. The van der Waals surface area contributed by atoms with Gasteiger partial charge in [-0.15, -0.1) is 0 Å². The molecule has 0 aliphatic heterocycles. The standard InChI is InChI=1S/C13H17N5O/c1-9-4-3-5-15-11(9)6-12(19)16-7-10-8-17-18(2)13(10)14/h3-5,8H,6-7,14H2,1-2H3,(H,16,19). The monoisotopic (exact) mass is 259 g/mol. The van der Waals surface area contributed by atoms with Crippen molar-refractivity contribution >= 4 is 11.7 Å². The van der Waals surface area contributed by atoms with Crippen molar-refractivity contribution in [3.8, 4) is 0 Å². The van der Waals surface area contributed by atoms with E-state index in [1.807, 2.05) is 19.1 Å². The number of amides is 1. The normalized spacial score (nSPS) is 10.4. The smallest absolute Gasteiger partial charge is 0.226 e. The van der Waals surface area contributed by atoms with Gasteiger partial charge in [-0.05, 0) is 18.6 Å². The Bertz CT molecular complexity index is 590. The fourth-order valence-corrected chi connectivity index (χ4v) is 1.74. The average molecular weight is 259 g/mol. The molecule has 2 heterocycles. The fraction of sp³-hybridized carbons (Fsp3) is 0.308. The summed E-state index contributed by atoms with van der Waals surface area (Å²) in [7, 11) is 1.76. The summed E-state index contributed by atoms with van der Waals surface area (Å²) in [5, 5.41) is 6.84. The zero-order valence-corrected chi connectivity index (χ0v) is 11.1. The summed E-state index contributed by atoms with van der Waals surface area (Å²) in [6, 6.07) is 3.79. The summed E-state index contributed by atoms with van der Waals surface area (Å²) in [6.45, 7) is 2.32. The van der Waals surface area contributed by atoms with Crippen molar-refractivity contribution in [1.29, 1.82) is 0 Å². The second-order valence-electron chi connectivity index (χ2n) is 4.40. The average Bonchev–Trinajstić information content (AvgIpc) is 2.70. The Morgan fingerprint density at radius 2 is 2.32 bits per heavy atom. The van der Waals surface area contributed by atoms with Gasteiger partial charge >= 0.3 is 0 Å².